The third-order valence-corrected chi connectivity index (χ3v) is 3.62. The summed E-state index contributed by atoms with van der Waals surface area (Å²) >= 11 is 1.57. The quantitative estimate of drug-likeness (QED) is 0.881. The lowest BCUT2D eigenvalue weighted by Gasteiger charge is -2.04. The van der Waals surface area contributed by atoms with E-state index >= 15 is 0 Å². The summed E-state index contributed by atoms with van der Waals surface area (Å²) in [5.74, 6) is -0.0345. The average molecular weight is 275 g/mol. The Morgan fingerprint density at radius 1 is 1.42 bits per heavy atom. The minimum atomic E-state index is -0.0345. The molecular weight excluding hydrogens is 258 g/mol. The van der Waals surface area contributed by atoms with E-state index in [-0.39, 0.29) is 5.91 Å². The topological polar surface area (TPSA) is 54.0 Å². The summed E-state index contributed by atoms with van der Waals surface area (Å²) in [7, 11) is 1.85. The minimum Gasteiger partial charge on any atom is -0.365 e. The van der Waals surface area contributed by atoms with E-state index in [1.165, 1.54) is 0 Å². The molecule has 0 spiro atoms. The zero-order chi connectivity index (χ0) is 13.7. The van der Waals surface area contributed by atoms with Crippen LogP contribution in [0, 0.1) is 6.92 Å². The highest BCUT2D eigenvalue weighted by molar-refractivity contribution is 7.13. The Hall–Kier alpha value is -1.88. The number of aromatic nitrogens is 1. The molecule has 2 rings (SSSR count). The van der Waals surface area contributed by atoms with Gasteiger partial charge in [-0.05, 0) is 19.1 Å². The second kappa shape index (κ2) is 6.33. The highest BCUT2D eigenvalue weighted by Gasteiger charge is 2.05. The molecule has 0 fully saturated rings. The molecule has 1 aromatic heterocycles. The highest BCUT2D eigenvalue weighted by Crippen LogP contribution is 2.14. The maximum atomic E-state index is 11.9. The van der Waals surface area contributed by atoms with Crippen LogP contribution in [-0.4, -0.2) is 24.5 Å². The fraction of sp³-hybridized carbons (Fsp3) is 0.286. The number of carbonyl (C=O) groups is 1. The number of nitrogens with zero attached hydrogens (tertiary/aromatic N) is 1. The van der Waals surface area contributed by atoms with Crippen molar-refractivity contribution in [3.63, 3.8) is 0 Å². The lowest BCUT2D eigenvalue weighted by Crippen LogP contribution is -2.25. The van der Waals surface area contributed by atoms with Crippen molar-refractivity contribution in [2.45, 2.75) is 13.3 Å². The SMILES string of the molecule is CNc1nc(CCNC(=O)c2cccc(C)c2)cs1. The molecule has 0 aliphatic heterocycles. The van der Waals surface area contributed by atoms with Crippen LogP contribution >= 0.6 is 11.3 Å². The molecule has 1 heterocycles. The molecule has 5 heteroatoms. The highest BCUT2D eigenvalue weighted by atomic mass is 32.1. The lowest BCUT2D eigenvalue weighted by molar-refractivity contribution is 0.0954. The van der Waals surface area contributed by atoms with E-state index in [1.807, 2.05) is 43.6 Å². The van der Waals surface area contributed by atoms with Crippen molar-refractivity contribution in [3.8, 4) is 0 Å². The zero-order valence-corrected chi connectivity index (χ0v) is 11.9. The molecule has 0 radical (unpaired) electrons. The van der Waals surface area contributed by atoms with Gasteiger partial charge < -0.3 is 10.6 Å². The van der Waals surface area contributed by atoms with Gasteiger partial charge in [0.05, 0.1) is 5.69 Å². The Morgan fingerprint density at radius 3 is 2.95 bits per heavy atom. The van der Waals surface area contributed by atoms with Gasteiger partial charge in [-0.15, -0.1) is 11.3 Å². The fourth-order valence-electron chi connectivity index (χ4n) is 1.73. The van der Waals surface area contributed by atoms with E-state index in [4.69, 9.17) is 0 Å². The molecule has 2 N–H and O–H groups in total. The van der Waals surface area contributed by atoms with Crippen LogP contribution in [0.1, 0.15) is 21.6 Å². The Morgan fingerprint density at radius 2 is 2.26 bits per heavy atom. The largest absolute Gasteiger partial charge is 0.365 e. The molecular formula is C14H17N3OS. The van der Waals surface area contributed by atoms with E-state index in [9.17, 15) is 4.79 Å². The van der Waals surface area contributed by atoms with Crippen LogP contribution < -0.4 is 10.6 Å². The van der Waals surface area contributed by atoms with Crippen LogP contribution in [-0.2, 0) is 6.42 Å². The third-order valence-electron chi connectivity index (χ3n) is 2.71. The molecule has 0 saturated carbocycles. The number of hydrogen-bond donors (Lipinski definition) is 2. The first-order valence-corrected chi connectivity index (χ1v) is 7.04. The Labute approximate surface area is 116 Å². The van der Waals surface area contributed by atoms with Crippen molar-refractivity contribution in [2.75, 3.05) is 18.9 Å². The van der Waals surface area contributed by atoms with Crippen molar-refractivity contribution in [1.29, 1.82) is 0 Å². The van der Waals surface area contributed by atoms with Crippen molar-refractivity contribution in [2.24, 2.45) is 0 Å². The molecule has 1 aromatic carbocycles. The van der Waals surface area contributed by atoms with Crippen molar-refractivity contribution in [1.82, 2.24) is 10.3 Å². The number of amides is 1. The molecule has 0 aliphatic rings. The number of thiazole rings is 1. The summed E-state index contributed by atoms with van der Waals surface area (Å²) in [6.45, 7) is 2.57. The molecule has 1 amide bonds. The molecule has 100 valence electrons. The molecule has 0 atom stereocenters. The number of carbonyl (C=O) groups excluding carboxylic acids is 1. The first-order chi connectivity index (χ1) is 9.19. The molecule has 0 bridgehead atoms. The summed E-state index contributed by atoms with van der Waals surface area (Å²) in [6, 6.07) is 7.58. The van der Waals surface area contributed by atoms with E-state index in [0.717, 1.165) is 22.8 Å². The van der Waals surface area contributed by atoms with Gasteiger partial charge in [0.25, 0.3) is 5.91 Å². The van der Waals surface area contributed by atoms with E-state index in [1.54, 1.807) is 11.3 Å². The number of hydrogen-bond acceptors (Lipinski definition) is 4. The predicted octanol–water partition coefficient (Wildman–Crippen LogP) is 2.47. The molecule has 4 nitrogen and oxygen atoms in total. The predicted molar refractivity (Wildman–Crippen MR) is 78.9 cm³/mol. The minimum absolute atomic E-state index is 0.0345. The number of benzene rings is 1. The first-order valence-electron chi connectivity index (χ1n) is 6.16. The summed E-state index contributed by atoms with van der Waals surface area (Å²) in [6.07, 6.45) is 0.746. The maximum Gasteiger partial charge on any atom is 0.251 e. The van der Waals surface area contributed by atoms with Gasteiger partial charge in [-0.25, -0.2) is 4.98 Å². The molecule has 0 saturated heterocycles. The fourth-order valence-corrected chi connectivity index (χ4v) is 2.44. The number of anilines is 1. The van der Waals surface area contributed by atoms with Crippen LogP contribution in [0.3, 0.4) is 0 Å². The van der Waals surface area contributed by atoms with E-state index in [0.29, 0.717) is 12.1 Å². The molecule has 0 aliphatic carbocycles. The van der Waals surface area contributed by atoms with E-state index < -0.39 is 0 Å². The Balaban J connectivity index is 1.84. The monoisotopic (exact) mass is 275 g/mol. The average Bonchev–Trinajstić information content (AvgIpc) is 2.86. The molecule has 2 aromatic rings. The van der Waals surface area contributed by atoms with Gasteiger partial charge in [-0.1, -0.05) is 17.7 Å². The smallest absolute Gasteiger partial charge is 0.251 e. The zero-order valence-electron chi connectivity index (χ0n) is 11.1. The number of nitrogens with one attached hydrogen (secondary N) is 2. The summed E-state index contributed by atoms with van der Waals surface area (Å²) in [5, 5.41) is 8.81. The lowest BCUT2D eigenvalue weighted by atomic mass is 10.1. The first kappa shape index (κ1) is 13.5. The van der Waals surface area contributed by atoms with Gasteiger partial charge in [0, 0.05) is 31.0 Å². The van der Waals surface area contributed by atoms with Crippen LogP contribution in [0.2, 0.25) is 0 Å². The van der Waals surface area contributed by atoms with Gasteiger partial charge in [-0.2, -0.15) is 0 Å². The van der Waals surface area contributed by atoms with Crippen LogP contribution in [0.15, 0.2) is 29.6 Å². The van der Waals surface area contributed by atoms with Gasteiger partial charge in [0.2, 0.25) is 0 Å². The molecule has 19 heavy (non-hydrogen) atoms. The molecule has 0 unspecified atom stereocenters. The van der Waals surface area contributed by atoms with Crippen LogP contribution in [0.4, 0.5) is 5.13 Å². The van der Waals surface area contributed by atoms with Crippen LogP contribution in [0.5, 0.6) is 0 Å². The van der Waals surface area contributed by atoms with Crippen LogP contribution in [0.25, 0.3) is 0 Å². The summed E-state index contributed by atoms with van der Waals surface area (Å²) < 4.78 is 0. The summed E-state index contributed by atoms with van der Waals surface area (Å²) in [4.78, 5) is 16.3. The van der Waals surface area contributed by atoms with Crippen molar-refractivity contribution < 1.29 is 4.79 Å². The van der Waals surface area contributed by atoms with Gasteiger partial charge in [0.1, 0.15) is 0 Å². The normalized spacial score (nSPS) is 10.2. The standard InChI is InChI=1S/C14H17N3OS/c1-10-4-3-5-11(8-10)13(18)16-7-6-12-9-19-14(15-2)17-12/h3-5,8-9H,6-7H2,1-2H3,(H,15,17)(H,16,18). The second-order valence-corrected chi connectivity index (χ2v) is 5.13. The number of aryl methyl sites for hydroxylation is 1. The van der Waals surface area contributed by atoms with Gasteiger partial charge in [-0.3, -0.25) is 4.79 Å². The van der Waals surface area contributed by atoms with Gasteiger partial charge in [0.15, 0.2) is 5.13 Å². The third kappa shape index (κ3) is 3.79. The maximum absolute atomic E-state index is 11.9. The van der Waals surface area contributed by atoms with Crippen molar-refractivity contribution in [3.05, 3.63) is 46.5 Å². The van der Waals surface area contributed by atoms with Gasteiger partial charge >= 0.3 is 0 Å². The summed E-state index contributed by atoms with van der Waals surface area (Å²) in [5.41, 5.74) is 2.79. The Bertz CT molecular complexity index is 565. The Kier molecular flexibility index (Phi) is 4.52. The van der Waals surface area contributed by atoms with Crippen molar-refractivity contribution >= 4 is 22.4 Å². The van der Waals surface area contributed by atoms with E-state index in [2.05, 4.69) is 15.6 Å². The number of rotatable bonds is 5. The second-order valence-electron chi connectivity index (χ2n) is 4.27.